The molecule has 0 saturated heterocycles. The third kappa shape index (κ3) is 4.17. The molecule has 3 rings (SSSR count). The molecule has 0 bridgehead atoms. The minimum atomic E-state index is -4.48. The van der Waals surface area contributed by atoms with Gasteiger partial charge in [-0.1, -0.05) is 18.2 Å². The van der Waals surface area contributed by atoms with Gasteiger partial charge in [-0.3, -0.25) is 4.79 Å². The second-order valence-corrected chi connectivity index (χ2v) is 6.73. The molecule has 1 aromatic carbocycles. The van der Waals surface area contributed by atoms with Gasteiger partial charge < -0.3 is 10.2 Å². The largest absolute Gasteiger partial charge is 0.416 e. The highest BCUT2D eigenvalue weighted by atomic mass is 19.4. The zero-order valence-corrected chi connectivity index (χ0v) is 15.9. The van der Waals surface area contributed by atoms with Gasteiger partial charge in [-0.15, -0.1) is 0 Å². The Morgan fingerprint density at radius 2 is 2.13 bits per heavy atom. The van der Waals surface area contributed by atoms with Crippen LogP contribution in [0, 0.1) is 16.9 Å². The second kappa shape index (κ2) is 8.36. The molecule has 1 atom stereocenters. The van der Waals surface area contributed by atoms with Crippen molar-refractivity contribution in [1.29, 1.82) is 10.8 Å². The number of aromatic nitrogens is 2. The molecule has 8 nitrogen and oxygen atoms in total. The fraction of sp³-hybridized carbons (Fsp3) is 0.316. The lowest BCUT2D eigenvalue weighted by molar-refractivity contribution is -0.138. The third-order valence-electron chi connectivity index (χ3n) is 4.87. The van der Waals surface area contributed by atoms with E-state index in [0.717, 1.165) is 6.07 Å². The first-order valence-corrected chi connectivity index (χ1v) is 9.01. The third-order valence-corrected chi connectivity index (χ3v) is 4.87. The van der Waals surface area contributed by atoms with E-state index in [1.54, 1.807) is 17.9 Å². The van der Waals surface area contributed by atoms with Gasteiger partial charge in [0.2, 0.25) is 0 Å². The monoisotopic (exact) mass is 417 g/mol. The number of alkyl halides is 3. The first-order valence-electron chi connectivity index (χ1n) is 9.01. The van der Waals surface area contributed by atoms with E-state index < -0.39 is 23.3 Å². The second-order valence-electron chi connectivity index (χ2n) is 6.73. The van der Waals surface area contributed by atoms with Crippen molar-refractivity contribution in [3.8, 4) is 6.07 Å². The number of H-pyrrole nitrogens is 1. The molecule has 0 fully saturated rings. The van der Waals surface area contributed by atoms with Crippen molar-refractivity contribution >= 4 is 5.69 Å². The Labute approximate surface area is 169 Å². The Morgan fingerprint density at radius 1 is 1.40 bits per heavy atom. The van der Waals surface area contributed by atoms with Crippen LogP contribution in [-0.2, 0) is 6.18 Å². The first-order chi connectivity index (χ1) is 14.3. The summed E-state index contributed by atoms with van der Waals surface area (Å²) in [6.07, 6.45) is -2.79. The molecule has 2 heterocycles. The van der Waals surface area contributed by atoms with E-state index in [1.807, 2.05) is 6.07 Å². The molecular weight excluding hydrogens is 399 g/mol. The minimum absolute atomic E-state index is 0.0924. The average molecular weight is 417 g/mol. The van der Waals surface area contributed by atoms with Crippen LogP contribution < -0.4 is 15.8 Å². The molecule has 156 valence electrons. The van der Waals surface area contributed by atoms with E-state index in [1.165, 1.54) is 18.3 Å². The molecular formula is C19H18F3N7O. The number of benzene rings is 1. The number of rotatable bonds is 5. The van der Waals surface area contributed by atoms with Crippen LogP contribution in [0.1, 0.15) is 36.1 Å². The van der Waals surface area contributed by atoms with Gasteiger partial charge in [0.1, 0.15) is 17.3 Å². The Bertz CT molecular complexity index is 1080. The van der Waals surface area contributed by atoms with E-state index in [4.69, 9.17) is 5.53 Å². The van der Waals surface area contributed by atoms with Crippen molar-refractivity contribution in [2.75, 3.05) is 18.0 Å². The Morgan fingerprint density at radius 3 is 2.80 bits per heavy atom. The summed E-state index contributed by atoms with van der Waals surface area (Å²) in [5.41, 5.74) is 7.30. The lowest BCUT2D eigenvalue weighted by atomic mass is 10.00. The number of hydrogen-bond acceptors (Lipinski definition) is 7. The molecule has 0 amide bonds. The smallest absolute Gasteiger partial charge is 0.380 e. The number of nitriles is 1. The molecule has 0 unspecified atom stereocenters. The fourth-order valence-corrected chi connectivity index (χ4v) is 3.42. The van der Waals surface area contributed by atoms with Gasteiger partial charge in [-0.2, -0.15) is 28.6 Å². The number of nitrogens with zero attached hydrogens (tertiary/aromatic N) is 4. The maximum absolute atomic E-state index is 13.3. The summed E-state index contributed by atoms with van der Waals surface area (Å²) in [5.74, 6) is 0. The number of nitrogens with one attached hydrogen (secondary N) is 3. The minimum Gasteiger partial charge on any atom is -0.380 e. The predicted octanol–water partition coefficient (Wildman–Crippen LogP) is 3.46. The van der Waals surface area contributed by atoms with Gasteiger partial charge in [-0.05, 0) is 18.6 Å². The number of aromatic amines is 1. The van der Waals surface area contributed by atoms with E-state index in [0.29, 0.717) is 30.0 Å². The normalized spacial score (nSPS) is 15.5. The van der Waals surface area contributed by atoms with Crippen molar-refractivity contribution in [3.63, 3.8) is 0 Å². The zero-order chi connectivity index (χ0) is 21.9. The summed E-state index contributed by atoms with van der Waals surface area (Å²) in [7, 11) is 0. The molecule has 0 saturated carbocycles. The molecule has 1 aromatic heterocycles. The van der Waals surface area contributed by atoms with Crippen molar-refractivity contribution < 1.29 is 13.2 Å². The standard InChI is InChI=1S/C19H18F3N7O/c1-11(12-4-2-3-5-14(12)19(20,21)22)26-15-6-7-29(10-16(15)27-24)17-9-25-28-18(30)13(17)8-23/h2-5,9,11,24,26H,6-7,10H2,1H3,(H,28,30)/t11-/m0/s1. The number of hydrogen-bond donors (Lipinski definition) is 3. The molecule has 1 aliphatic rings. The molecule has 2 aromatic rings. The van der Waals surface area contributed by atoms with E-state index in [-0.39, 0.29) is 17.7 Å². The molecule has 3 N–H and O–H groups in total. The van der Waals surface area contributed by atoms with Crippen LogP contribution in [0.4, 0.5) is 18.9 Å². The fourth-order valence-electron chi connectivity index (χ4n) is 3.42. The molecule has 0 spiro atoms. The van der Waals surface area contributed by atoms with Gasteiger partial charge >= 0.3 is 6.18 Å². The Balaban J connectivity index is 1.87. The summed E-state index contributed by atoms with van der Waals surface area (Å²) in [6.45, 7) is 2.09. The highest BCUT2D eigenvalue weighted by Crippen LogP contribution is 2.35. The van der Waals surface area contributed by atoms with Crippen LogP contribution in [0.3, 0.4) is 0 Å². The van der Waals surface area contributed by atoms with E-state index in [9.17, 15) is 23.2 Å². The Hall–Kier alpha value is -3.68. The van der Waals surface area contributed by atoms with Crippen LogP contribution in [-0.4, -0.2) is 23.3 Å². The van der Waals surface area contributed by atoms with Crippen molar-refractivity contribution in [1.82, 2.24) is 15.5 Å². The van der Waals surface area contributed by atoms with Gasteiger partial charge in [0.05, 0.1) is 24.0 Å². The lowest BCUT2D eigenvalue weighted by Crippen LogP contribution is -2.37. The quantitative estimate of drug-likeness (QED) is 0.644. The maximum atomic E-state index is 13.3. The van der Waals surface area contributed by atoms with Crippen LogP contribution in [0.25, 0.3) is 0 Å². The summed E-state index contributed by atoms with van der Waals surface area (Å²) in [6, 6.07) is 6.49. The van der Waals surface area contributed by atoms with Gasteiger partial charge in [0.25, 0.3) is 5.56 Å². The molecule has 11 heteroatoms. The highest BCUT2D eigenvalue weighted by molar-refractivity contribution is 5.58. The number of halogens is 3. The Kier molecular flexibility index (Phi) is 5.86. The van der Waals surface area contributed by atoms with Crippen LogP contribution in [0.5, 0.6) is 0 Å². The lowest BCUT2D eigenvalue weighted by Gasteiger charge is -2.32. The topological polar surface area (TPSA) is 121 Å². The van der Waals surface area contributed by atoms with E-state index >= 15 is 0 Å². The van der Waals surface area contributed by atoms with E-state index in [2.05, 4.69) is 20.6 Å². The van der Waals surface area contributed by atoms with Crippen molar-refractivity contribution in [2.45, 2.75) is 25.6 Å². The van der Waals surface area contributed by atoms with Crippen molar-refractivity contribution in [3.05, 3.63) is 68.9 Å². The maximum Gasteiger partial charge on any atom is 0.416 e. The van der Waals surface area contributed by atoms with Crippen molar-refractivity contribution in [2.24, 2.45) is 5.11 Å². The molecule has 1 aliphatic heterocycles. The SMILES string of the molecule is C[C@H](NC1=C(N=N)CN(c2cn[nH]c(=O)c2C#N)CC1)c1ccccc1C(F)(F)F. The molecule has 0 radical (unpaired) electrons. The van der Waals surface area contributed by atoms with Gasteiger partial charge in [0.15, 0.2) is 0 Å². The summed E-state index contributed by atoms with van der Waals surface area (Å²) >= 11 is 0. The summed E-state index contributed by atoms with van der Waals surface area (Å²) in [5, 5.41) is 21.7. The zero-order valence-electron chi connectivity index (χ0n) is 15.9. The number of anilines is 1. The summed E-state index contributed by atoms with van der Waals surface area (Å²) < 4.78 is 40.0. The first kappa shape index (κ1) is 21.0. The van der Waals surface area contributed by atoms with Crippen LogP contribution >= 0.6 is 0 Å². The summed E-state index contributed by atoms with van der Waals surface area (Å²) in [4.78, 5) is 13.5. The predicted molar refractivity (Wildman–Crippen MR) is 102 cm³/mol. The van der Waals surface area contributed by atoms with Gasteiger partial charge in [0, 0.05) is 24.7 Å². The van der Waals surface area contributed by atoms with Crippen LogP contribution in [0.15, 0.2) is 51.8 Å². The molecule has 0 aliphatic carbocycles. The molecule has 30 heavy (non-hydrogen) atoms. The highest BCUT2D eigenvalue weighted by Gasteiger charge is 2.34. The average Bonchev–Trinajstić information content (AvgIpc) is 2.73. The van der Waals surface area contributed by atoms with Gasteiger partial charge in [-0.25, -0.2) is 10.6 Å². The van der Waals surface area contributed by atoms with Crippen LogP contribution in [0.2, 0.25) is 0 Å².